The van der Waals surface area contributed by atoms with Gasteiger partial charge in [0, 0.05) is 107 Å². The van der Waals surface area contributed by atoms with E-state index in [1.165, 1.54) is 13.0 Å². The Morgan fingerprint density at radius 3 is 2.33 bits per heavy atom. The number of aryl methyl sites for hydroxylation is 1. The Morgan fingerprint density at radius 2 is 1.58 bits per heavy atom. The molecule has 3 aliphatic heterocycles. The predicted molar refractivity (Wildman–Crippen MR) is 257 cm³/mol. The highest BCUT2D eigenvalue weighted by atomic mass is 19.1. The highest BCUT2D eigenvalue weighted by molar-refractivity contribution is 5.99. The van der Waals surface area contributed by atoms with Crippen LogP contribution in [0.3, 0.4) is 0 Å². The first kappa shape index (κ1) is 44.9. The van der Waals surface area contributed by atoms with Gasteiger partial charge in [0.15, 0.2) is 5.78 Å². The number of aromatic nitrogens is 6. The lowest BCUT2D eigenvalue weighted by Crippen LogP contribution is -2.48. The number of carbonyl (C=O) groups is 2. The summed E-state index contributed by atoms with van der Waals surface area (Å²) in [6.07, 6.45) is 14.7. The Hall–Kier alpha value is -6.23. The van der Waals surface area contributed by atoms with E-state index in [1.807, 2.05) is 29.3 Å². The number of rotatable bonds is 15. The molecule has 16 nitrogen and oxygen atoms in total. The van der Waals surface area contributed by atoms with Crippen LogP contribution in [0, 0.1) is 12.7 Å². The molecule has 1 amide bonds. The monoisotopic (exact) mass is 900 g/mol. The van der Waals surface area contributed by atoms with Gasteiger partial charge in [-0.05, 0) is 94.8 Å². The number of nitrogens with zero attached hydrogens (tertiary/aromatic N) is 11. The van der Waals surface area contributed by atoms with Crippen LogP contribution in [0.15, 0.2) is 66.0 Å². The zero-order chi connectivity index (χ0) is 45.6. The maximum atomic E-state index is 13.9. The molecule has 4 fully saturated rings. The maximum absolute atomic E-state index is 13.9. The minimum absolute atomic E-state index is 0.00716. The first-order chi connectivity index (χ1) is 32.2. The molecule has 4 aromatic heterocycles. The van der Waals surface area contributed by atoms with Crippen LogP contribution in [0.4, 0.5) is 39.2 Å². The fourth-order valence-corrected chi connectivity index (χ4v) is 10.2. The molecule has 2 N–H and O–H groups in total. The Morgan fingerprint density at radius 1 is 0.773 bits per heavy atom. The summed E-state index contributed by atoms with van der Waals surface area (Å²) in [7, 11) is 0. The van der Waals surface area contributed by atoms with Crippen molar-refractivity contribution in [3.63, 3.8) is 0 Å². The van der Waals surface area contributed by atoms with Gasteiger partial charge in [-0.25, -0.2) is 24.3 Å². The second kappa shape index (κ2) is 20.5. The number of fused-ring (bicyclic) bond motifs is 1. The number of pyridine rings is 2. The van der Waals surface area contributed by atoms with Crippen molar-refractivity contribution in [3.8, 4) is 0 Å². The highest BCUT2D eigenvalue weighted by Gasteiger charge is 2.27. The van der Waals surface area contributed by atoms with Crippen LogP contribution in [0.25, 0.3) is 11.0 Å². The van der Waals surface area contributed by atoms with E-state index in [2.05, 4.69) is 56.2 Å². The molecule has 1 aliphatic carbocycles. The minimum atomic E-state index is -0.275. The van der Waals surface area contributed by atoms with E-state index in [1.54, 1.807) is 36.1 Å². The summed E-state index contributed by atoms with van der Waals surface area (Å²) in [6, 6.07) is 13.0. The third-order valence-corrected chi connectivity index (χ3v) is 13.9. The molecule has 9 rings (SSSR count). The van der Waals surface area contributed by atoms with Gasteiger partial charge < -0.3 is 30.2 Å². The number of nitrogens with one attached hydrogen (secondary N) is 2. The Balaban J connectivity index is 0.676. The second-order valence-electron chi connectivity index (χ2n) is 18.3. The number of unbranched alkanes of at least 4 members (excludes halogenated alkanes) is 2. The van der Waals surface area contributed by atoms with Crippen LogP contribution in [-0.2, 0) is 4.79 Å². The van der Waals surface area contributed by atoms with Gasteiger partial charge >= 0.3 is 0 Å². The Labute approximate surface area is 385 Å². The molecule has 0 bridgehead atoms. The third kappa shape index (κ3) is 10.4. The molecule has 1 aromatic carbocycles. The van der Waals surface area contributed by atoms with E-state index in [-0.39, 0.29) is 40.7 Å². The van der Waals surface area contributed by atoms with Crippen molar-refractivity contribution in [2.75, 3.05) is 97.3 Å². The molecular formula is C49H62FN13O3. The van der Waals surface area contributed by atoms with E-state index < -0.39 is 0 Å². The summed E-state index contributed by atoms with van der Waals surface area (Å²) < 4.78 is 15.6. The molecule has 3 saturated heterocycles. The van der Waals surface area contributed by atoms with Crippen LogP contribution in [-0.4, -0.2) is 129 Å². The second-order valence-corrected chi connectivity index (χ2v) is 18.3. The van der Waals surface area contributed by atoms with Crippen molar-refractivity contribution in [1.82, 2.24) is 39.3 Å². The van der Waals surface area contributed by atoms with E-state index in [0.29, 0.717) is 47.9 Å². The lowest BCUT2D eigenvalue weighted by molar-refractivity contribution is -0.131. The van der Waals surface area contributed by atoms with Gasteiger partial charge in [0.1, 0.15) is 35.2 Å². The van der Waals surface area contributed by atoms with Gasteiger partial charge in [0.05, 0.1) is 17.4 Å². The third-order valence-electron chi connectivity index (χ3n) is 13.9. The number of ketones is 1. The van der Waals surface area contributed by atoms with Gasteiger partial charge in [0.25, 0.3) is 5.56 Å². The fraction of sp³-hybridized carbons (Fsp3) is 0.510. The first-order valence-corrected chi connectivity index (χ1v) is 23.9. The highest BCUT2D eigenvalue weighted by Crippen LogP contribution is 2.32. The van der Waals surface area contributed by atoms with Gasteiger partial charge in [-0.2, -0.15) is 4.98 Å². The summed E-state index contributed by atoms with van der Waals surface area (Å²) in [5, 5.41) is 7.53. The Kier molecular flexibility index (Phi) is 14.0. The lowest BCUT2D eigenvalue weighted by atomic mass is 10.0. The quantitative estimate of drug-likeness (QED) is 0.0855. The summed E-state index contributed by atoms with van der Waals surface area (Å²) >= 11 is 0. The van der Waals surface area contributed by atoms with Crippen molar-refractivity contribution in [2.24, 2.45) is 0 Å². The van der Waals surface area contributed by atoms with E-state index in [4.69, 9.17) is 4.98 Å². The summed E-state index contributed by atoms with van der Waals surface area (Å²) in [5.41, 5.74) is 3.00. The normalized spacial score (nSPS) is 18.6. The van der Waals surface area contributed by atoms with Gasteiger partial charge in [-0.1, -0.05) is 25.3 Å². The minimum Gasteiger partial charge on any atom is -0.369 e. The topological polar surface area (TPSA) is 161 Å². The summed E-state index contributed by atoms with van der Waals surface area (Å²) in [5.74, 6) is 2.47. The van der Waals surface area contributed by atoms with Crippen molar-refractivity contribution in [2.45, 2.75) is 90.1 Å². The summed E-state index contributed by atoms with van der Waals surface area (Å²) in [6.45, 7) is 12.6. The number of piperazine rings is 2. The maximum Gasteiger partial charge on any atom is 0.263 e. The number of hydrogen-bond donors (Lipinski definition) is 2. The largest absolute Gasteiger partial charge is 0.369 e. The fourth-order valence-electron chi connectivity index (χ4n) is 10.2. The van der Waals surface area contributed by atoms with Gasteiger partial charge in [-0.15, -0.1) is 0 Å². The SMILES string of the molecule is CC(=O)c1c(C)c2cnc(Nc3ccc(N4CCN(C(=O)CCCCCN5CCN(c6cc(N[C@@H]7CCCN(c8cccc(F)c8)C7)ncn6)CC5)CC4)cn3)nc2n(C2CCCC2)c1=O. The molecule has 1 atom stereocenters. The smallest absolute Gasteiger partial charge is 0.263 e. The average Bonchev–Trinajstić information content (AvgIpc) is 3.87. The molecule has 0 spiro atoms. The molecule has 66 heavy (non-hydrogen) atoms. The van der Waals surface area contributed by atoms with Crippen molar-refractivity contribution < 1.29 is 14.0 Å². The number of amides is 1. The van der Waals surface area contributed by atoms with Crippen molar-refractivity contribution in [3.05, 3.63) is 88.5 Å². The number of anilines is 6. The average molecular weight is 900 g/mol. The van der Waals surface area contributed by atoms with E-state index in [9.17, 15) is 18.8 Å². The molecule has 0 unspecified atom stereocenters. The van der Waals surface area contributed by atoms with Crippen LogP contribution >= 0.6 is 0 Å². The molecular weight excluding hydrogens is 838 g/mol. The van der Waals surface area contributed by atoms with E-state index in [0.717, 1.165) is 140 Å². The van der Waals surface area contributed by atoms with Crippen LogP contribution in [0.5, 0.6) is 0 Å². The standard InChI is InChI=1S/C49H62FN13O3/c1-34-41-31-52-49(57-47(41)63(38-12-5-6-13-38)48(66)46(34)35(2)64)56-42-17-16-40(30-51-42)59-24-26-61(27-25-59)45(65)15-4-3-7-18-58-20-22-60(23-21-58)44-29-43(53-33-54-44)55-37-11-9-19-62(32-37)39-14-8-10-36(50)28-39/h8,10,14,16-17,28-31,33,37-38H,3-7,9,11-13,15,18-27,32H2,1-2H3,(H,53,54,55)(H,51,52,56,57)/t37-/m1/s1. The number of carbonyl (C=O) groups excluding carboxylic acids is 2. The van der Waals surface area contributed by atoms with Gasteiger partial charge in [-0.3, -0.25) is 23.9 Å². The Bertz CT molecular complexity index is 2550. The zero-order valence-corrected chi connectivity index (χ0v) is 38.3. The molecule has 1 saturated carbocycles. The molecule has 4 aliphatic rings. The number of hydrogen-bond acceptors (Lipinski definition) is 14. The summed E-state index contributed by atoms with van der Waals surface area (Å²) in [4.78, 5) is 73.7. The van der Waals surface area contributed by atoms with E-state index >= 15 is 0 Å². The molecule has 348 valence electrons. The number of Topliss-reactive ketones (excluding diaryl/α,β-unsaturated/α-hetero) is 1. The predicted octanol–water partition coefficient (Wildman–Crippen LogP) is 6.60. The van der Waals surface area contributed by atoms with Crippen molar-refractivity contribution >= 4 is 57.5 Å². The number of halogens is 1. The van der Waals surface area contributed by atoms with Crippen molar-refractivity contribution in [1.29, 1.82) is 0 Å². The molecule has 0 radical (unpaired) electrons. The molecule has 5 aromatic rings. The molecule has 17 heteroatoms. The number of benzene rings is 1. The van der Waals surface area contributed by atoms with Gasteiger partial charge in [0.2, 0.25) is 11.9 Å². The van der Waals surface area contributed by atoms with Crippen LogP contribution in [0.2, 0.25) is 0 Å². The zero-order valence-electron chi connectivity index (χ0n) is 38.3. The first-order valence-electron chi connectivity index (χ1n) is 23.9. The van der Waals surface area contributed by atoms with Crippen LogP contribution in [0.1, 0.15) is 93.1 Å². The molecule has 7 heterocycles. The lowest BCUT2D eigenvalue weighted by Gasteiger charge is -2.36. The van der Waals surface area contributed by atoms with Crippen LogP contribution < -0.4 is 30.9 Å². The number of piperidine rings is 1.